The predicted octanol–water partition coefficient (Wildman–Crippen LogP) is 11.8. The second-order valence-corrected chi connectivity index (χ2v) is 14.7. The molecule has 324 valence electrons. The van der Waals surface area contributed by atoms with Gasteiger partial charge in [-0.05, 0) is 24.3 Å². The van der Waals surface area contributed by atoms with Crippen LogP contribution in [-0.4, -0.2) is 44.7 Å². The fraction of sp³-hybridized carbons (Fsp3) is 0.0526. The van der Waals surface area contributed by atoms with E-state index in [-0.39, 0.29) is 54.0 Å². The SMILES string of the molecule is Nc1cc2cccnc2c2ncccc12.O=C(CC(=O)c1ccccc1)c1ccccc1.O=C(CC(=O)c1ccccc1)c1ccccc1.O=C(CC(=O)c1ccccc1)c1ccccc1. The molecule has 0 saturated heterocycles. The third-order valence-corrected chi connectivity index (χ3v) is 10.0. The number of anilines is 1. The quantitative estimate of drug-likeness (QED) is 0.0547. The van der Waals surface area contributed by atoms with Crippen molar-refractivity contribution < 1.29 is 28.8 Å². The van der Waals surface area contributed by atoms with Crippen LogP contribution in [0, 0.1) is 0 Å². The van der Waals surface area contributed by atoms with Crippen LogP contribution in [0.1, 0.15) is 81.4 Å². The first-order valence-corrected chi connectivity index (χ1v) is 21.1. The molecule has 0 saturated carbocycles. The number of ketones is 6. The van der Waals surface area contributed by atoms with Crippen LogP contribution in [0.2, 0.25) is 0 Å². The molecule has 2 N–H and O–H groups in total. The molecule has 0 aliphatic carbocycles. The van der Waals surface area contributed by atoms with Crippen LogP contribution in [0.3, 0.4) is 0 Å². The summed E-state index contributed by atoms with van der Waals surface area (Å²) in [4.78, 5) is 79.5. The van der Waals surface area contributed by atoms with Gasteiger partial charge in [-0.3, -0.25) is 38.7 Å². The van der Waals surface area contributed by atoms with Gasteiger partial charge < -0.3 is 5.73 Å². The number of hydrogen-bond acceptors (Lipinski definition) is 9. The standard InChI is InChI=1S/3C15H12O2.C12H9N3/c3*16-14(12-7-3-1-4-8-12)11-15(17)13-9-5-2-6-10-13;13-10-7-8-3-1-5-14-11(8)12-9(10)4-2-6-15-12/h3*1-10H,11H2;1-7H,13H2. The van der Waals surface area contributed by atoms with Crippen molar-refractivity contribution in [3.05, 3.63) is 258 Å². The Morgan fingerprint density at radius 2 is 0.576 bits per heavy atom. The summed E-state index contributed by atoms with van der Waals surface area (Å²) < 4.78 is 0. The molecule has 0 aliphatic rings. The molecule has 7 aromatic carbocycles. The summed E-state index contributed by atoms with van der Waals surface area (Å²) >= 11 is 0. The minimum absolute atomic E-state index is 0.0754. The third kappa shape index (κ3) is 13.6. The van der Waals surface area contributed by atoms with Gasteiger partial charge in [0.2, 0.25) is 0 Å². The molecular weight excluding hydrogens is 823 g/mol. The molecule has 0 unspecified atom stereocenters. The van der Waals surface area contributed by atoms with Gasteiger partial charge in [0.05, 0.1) is 30.3 Å². The lowest BCUT2D eigenvalue weighted by Gasteiger charge is -2.04. The smallest absolute Gasteiger partial charge is 0.170 e. The number of benzene rings is 7. The van der Waals surface area contributed by atoms with E-state index in [0.29, 0.717) is 33.4 Å². The highest BCUT2D eigenvalue weighted by molar-refractivity contribution is 6.15. The molecule has 9 nitrogen and oxygen atoms in total. The molecule has 0 amide bonds. The van der Waals surface area contributed by atoms with Crippen molar-refractivity contribution in [3.63, 3.8) is 0 Å². The van der Waals surface area contributed by atoms with E-state index in [1.54, 1.807) is 158 Å². The first kappa shape index (κ1) is 46.7. The summed E-state index contributed by atoms with van der Waals surface area (Å²) in [5.41, 5.74) is 12.0. The van der Waals surface area contributed by atoms with E-state index in [1.807, 2.05) is 66.7 Å². The Balaban J connectivity index is 0.000000146. The first-order chi connectivity index (χ1) is 32.2. The number of fused-ring (bicyclic) bond motifs is 3. The molecule has 0 spiro atoms. The van der Waals surface area contributed by atoms with E-state index >= 15 is 0 Å². The Hall–Kier alpha value is -8.82. The molecular formula is C57H45N3O6. The lowest BCUT2D eigenvalue weighted by Crippen LogP contribution is -2.08. The van der Waals surface area contributed by atoms with Crippen molar-refractivity contribution in [2.75, 3.05) is 5.73 Å². The van der Waals surface area contributed by atoms with Crippen molar-refractivity contribution in [1.82, 2.24) is 9.97 Å². The highest BCUT2D eigenvalue weighted by Crippen LogP contribution is 2.26. The Morgan fingerprint density at radius 1 is 0.318 bits per heavy atom. The van der Waals surface area contributed by atoms with Gasteiger partial charge in [0.15, 0.2) is 34.7 Å². The second-order valence-electron chi connectivity index (χ2n) is 14.7. The van der Waals surface area contributed by atoms with Crippen molar-refractivity contribution in [3.8, 4) is 0 Å². The molecule has 9 rings (SSSR count). The van der Waals surface area contributed by atoms with Crippen molar-refractivity contribution >= 4 is 62.2 Å². The average molecular weight is 868 g/mol. The van der Waals surface area contributed by atoms with Crippen molar-refractivity contribution in [2.24, 2.45) is 0 Å². The number of aromatic nitrogens is 2. The fourth-order valence-corrected chi connectivity index (χ4v) is 6.60. The van der Waals surface area contributed by atoms with Gasteiger partial charge in [0, 0.05) is 62.2 Å². The van der Waals surface area contributed by atoms with Gasteiger partial charge in [0.1, 0.15) is 0 Å². The topological polar surface area (TPSA) is 154 Å². The number of nitrogens with zero attached hydrogens (tertiary/aromatic N) is 2. The Bertz CT molecular complexity index is 2650. The van der Waals surface area contributed by atoms with E-state index in [4.69, 9.17) is 5.73 Å². The molecule has 0 aliphatic heterocycles. The van der Waals surface area contributed by atoms with Gasteiger partial charge in [-0.25, -0.2) is 0 Å². The molecule has 0 atom stereocenters. The van der Waals surface area contributed by atoms with Crippen LogP contribution in [0.15, 0.2) is 225 Å². The molecule has 0 radical (unpaired) electrons. The Labute approximate surface area is 382 Å². The summed E-state index contributed by atoms with van der Waals surface area (Å²) in [5.74, 6) is -0.836. The van der Waals surface area contributed by atoms with Crippen molar-refractivity contribution in [1.29, 1.82) is 0 Å². The number of rotatable bonds is 12. The second kappa shape index (κ2) is 24.1. The average Bonchev–Trinajstić information content (AvgIpc) is 3.38. The monoisotopic (exact) mass is 867 g/mol. The van der Waals surface area contributed by atoms with Crippen molar-refractivity contribution in [2.45, 2.75) is 19.3 Å². The highest BCUT2D eigenvalue weighted by Gasteiger charge is 2.15. The number of nitrogen functional groups attached to an aromatic ring is 1. The number of Topliss-reactive ketones (excluding diaryl/α,β-unsaturated/α-hetero) is 6. The van der Waals surface area contributed by atoms with Gasteiger partial charge >= 0.3 is 0 Å². The zero-order valence-electron chi connectivity index (χ0n) is 35.9. The summed E-state index contributed by atoms with van der Waals surface area (Å²) in [6, 6.07) is 62.9. The normalized spacial score (nSPS) is 10.1. The maximum absolute atomic E-state index is 11.8. The number of pyridine rings is 2. The van der Waals surface area contributed by atoms with Crippen LogP contribution in [-0.2, 0) is 0 Å². The third-order valence-electron chi connectivity index (χ3n) is 10.0. The molecule has 2 heterocycles. The molecule has 9 heteroatoms. The Kier molecular flexibility index (Phi) is 17.1. The van der Waals surface area contributed by atoms with Gasteiger partial charge in [-0.1, -0.05) is 188 Å². The van der Waals surface area contributed by atoms with E-state index < -0.39 is 0 Å². The zero-order valence-corrected chi connectivity index (χ0v) is 35.9. The first-order valence-electron chi connectivity index (χ1n) is 21.1. The molecule has 66 heavy (non-hydrogen) atoms. The maximum Gasteiger partial charge on any atom is 0.170 e. The Morgan fingerprint density at radius 3 is 0.864 bits per heavy atom. The van der Waals surface area contributed by atoms with Crippen LogP contribution < -0.4 is 5.73 Å². The van der Waals surface area contributed by atoms with Gasteiger partial charge in [-0.15, -0.1) is 0 Å². The molecule has 0 bridgehead atoms. The fourth-order valence-electron chi connectivity index (χ4n) is 6.60. The molecule has 9 aromatic rings. The lowest BCUT2D eigenvalue weighted by atomic mass is 10.0. The number of carbonyl (C=O) groups excluding carboxylic acids is 6. The summed E-state index contributed by atoms with van der Waals surface area (Å²) in [5, 5.41) is 1.99. The lowest BCUT2D eigenvalue weighted by molar-refractivity contribution is 0.0878. The van der Waals surface area contributed by atoms with Crippen LogP contribution in [0.25, 0.3) is 21.8 Å². The zero-order chi connectivity index (χ0) is 46.5. The number of carbonyl (C=O) groups is 6. The summed E-state index contributed by atoms with van der Waals surface area (Å²) in [6.45, 7) is 0. The predicted molar refractivity (Wildman–Crippen MR) is 260 cm³/mol. The van der Waals surface area contributed by atoms with E-state index in [0.717, 1.165) is 27.5 Å². The van der Waals surface area contributed by atoms with E-state index in [2.05, 4.69) is 9.97 Å². The maximum atomic E-state index is 11.8. The van der Waals surface area contributed by atoms with E-state index in [9.17, 15) is 28.8 Å². The molecule has 2 aromatic heterocycles. The highest BCUT2D eigenvalue weighted by atomic mass is 16.2. The summed E-state index contributed by atoms with van der Waals surface area (Å²) in [7, 11) is 0. The number of nitrogens with two attached hydrogens (primary N) is 1. The van der Waals surface area contributed by atoms with Gasteiger partial charge in [0.25, 0.3) is 0 Å². The van der Waals surface area contributed by atoms with Crippen LogP contribution >= 0.6 is 0 Å². The van der Waals surface area contributed by atoms with Crippen LogP contribution in [0.4, 0.5) is 5.69 Å². The van der Waals surface area contributed by atoms with Gasteiger partial charge in [-0.2, -0.15) is 0 Å². The summed E-state index contributed by atoms with van der Waals surface area (Å²) in [6.07, 6.45) is 3.30. The van der Waals surface area contributed by atoms with Crippen LogP contribution in [0.5, 0.6) is 0 Å². The molecule has 0 fully saturated rings. The largest absolute Gasteiger partial charge is 0.398 e. The minimum Gasteiger partial charge on any atom is -0.398 e. The number of hydrogen-bond donors (Lipinski definition) is 1. The van der Waals surface area contributed by atoms with E-state index in [1.165, 1.54) is 0 Å². The minimum atomic E-state index is -0.139.